The summed E-state index contributed by atoms with van der Waals surface area (Å²) in [6, 6.07) is 9.08. The van der Waals surface area contributed by atoms with Crippen molar-refractivity contribution in [3.05, 3.63) is 52.0 Å². The summed E-state index contributed by atoms with van der Waals surface area (Å²) < 4.78 is 11.1. The molecule has 5 heteroatoms. The van der Waals surface area contributed by atoms with Crippen molar-refractivity contribution in [3.8, 4) is 17.2 Å². The number of hydrogen-bond acceptors (Lipinski definition) is 3. The number of aryl methyl sites for hydroxylation is 2. The molecular weight excluding hydrogens is 306 g/mol. The van der Waals surface area contributed by atoms with Gasteiger partial charge in [0.25, 0.3) is 0 Å². The van der Waals surface area contributed by atoms with Crippen molar-refractivity contribution in [2.45, 2.75) is 13.8 Å². The highest BCUT2D eigenvalue weighted by molar-refractivity contribution is 7.80. The minimum absolute atomic E-state index is 0.273. The summed E-state index contributed by atoms with van der Waals surface area (Å²) in [5.74, 6) is 1.91. The lowest BCUT2D eigenvalue weighted by Crippen LogP contribution is -2.10. The van der Waals surface area contributed by atoms with E-state index in [4.69, 9.17) is 39.0 Å². The molecular formula is C16H16ClNO2S. The lowest BCUT2D eigenvalue weighted by molar-refractivity contribution is 0.409. The lowest BCUT2D eigenvalue weighted by atomic mass is 10.1. The van der Waals surface area contributed by atoms with Crippen molar-refractivity contribution in [2.24, 2.45) is 5.73 Å². The van der Waals surface area contributed by atoms with Crippen molar-refractivity contribution in [2.75, 3.05) is 7.11 Å². The van der Waals surface area contributed by atoms with Crippen LogP contribution in [0.5, 0.6) is 17.2 Å². The van der Waals surface area contributed by atoms with Crippen molar-refractivity contribution < 1.29 is 9.47 Å². The molecule has 0 aliphatic heterocycles. The third-order valence-corrected chi connectivity index (χ3v) is 3.91. The van der Waals surface area contributed by atoms with Gasteiger partial charge in [0, 0.05) is 11.1 Å². The fourth-order valence-corrected chi connectivity index (χ4v) is 2.29. The Kier molecular flexibility index (Phi) is 4.70. The van der Waals surface area contributed by atoms with Crippen LogP contribution in [0.4, 0.5) is 0 Å². The monoisotopic (exact) mass is 321 g/mol. The third kappa shape index (κ3) is 3.46. The van der Waals surface area contributed by atoms with Crippen LogP contribution in [-0.2, 0) is 0 Å². The van der Waals surface area contributed by atoms with Gasteiger partial charge in [0.1, 0.15) is 22.2 Å². The topological polar surface area (TPSA) is 44.5 Å². The molecule has 2 aromatic rings. The summed E-state index contributed by atoms with van der Waals surface area (Å²) in [5.41, 5.74) is 8.30. The summed E-state index contributed by atoms with van der Waals surface area (Å²) in [6.45, 7) is 3.87. The van der Waals surface area contributed by atoms with Crippen LogP contribution in [0.15, 0.2) is 30.3 Å². The van der Waals surface area contributed by atoms with E-state index < -0.39 is 0 Å². The summed E-state index contributed by atoms with van der Waals surface area (Å²) in [6.07, 6.45) is 0. The maximum Gasteiger partial charge on any atom is 0.141 e. The molecule has 0 spiro atoms. The second kappa shape index (κ2) is 6.33. The quantitative estimate of drug-likeness (QED) is 0.848. The molecule has 3 nitrogen and oxygen atoms in total. The standard InChI is InChI=1S/C16H16ClNO2S/c1-9-6-12(7-10(2)15(9)17)20-14-8-11(19-3)4-5-13(14)16(18)21/h4-8H,1-3H3,(H2,18,21). The van der Waals surface area contributed by atoms with Gasteiger partial charge in [-0.2, -0.15) is 0 Å². The van der Waals surface area contributed by atoms with Gasteiger partial charge in [0.05, 0.1) is 12.7 Å². The zero-order valence-electron chi connectivity index (χ0n) is 12.1. The molecule has 0 heterocycles. The van der Waals surface area contributed by atoms with Crippen LogP contribution in [0.1, 0.15) is 16.7 Å². The van der Waals surface area contributed by atoms with Crippen molar-refractivity contribution in [1.29, 1.82) is 0 Å². The molecule has 2 aromatic carbocycles. The van der Waals surface area contributed by atoms with Gasteiger partial charge >= 0.3 is 0 Å². The van der Waals surface area contributed by atoms with E-state index in [0.29, 0.717) is 22.8 Å². The first kappa shape index (κ1) is 15.6. The highest BCUT2D eigenvalue weighted by Gasteiger charge is 2.11. The Balaban J connectivity index is 2.45. The molecule has 110 valence electrons. The molecule has 0 aliphatic rings. The number of ether oxygens (including phenoxy) is 2. The Labute approximate surface area is 134 Å². The molecule has 0 atom stereocenters. The molecule has 0 unspecified atom stereocenters. The predicted molar refractivity (Wildman–Crippen MR) is 89.9 cm³/mol. The van der Waals surface area contributed by atoms with Gasteiger partial charge in [0.2, 0.25) is 0 Å². The summed E-state index contributed by atoms with van der Waals surface area (Å²) in [4.78, 5) is 0.273. The fraction of sp³-hybridized carbons (Fsp3) is 0.188. The number of rotatable bonds is 4. The van der Waals surface area contributed by atoms with E-state index in [2.05, 4.69) is 0 Å². The lowest BCUT2D eigenvalue weighted by Gasteiger charge is -2.13. The average Bonchev–Trinajstić information content (AvgIpc) is 2.44. The normalized spacial score (nSPS) is 10.3. The molecule has 2 rings (SSSR count). The van der Waals surface area contributed by atoms with Crippen LogP contribution in [-0.4, -0.2) is 12.1 Å². The second-order valence-corrected chi connectivity index (χ2v) is 5.52. The highest BCUT2D eigenvalue weighted by atomic mass is 35.5. The molecule has 0 saturated heterocycles. The molecule has 0 aliphatic carbocycles. The number of hydrogen-bond donors (Lipinski definition) is 1. The minimum Gasteiger partial charge on any atom is -0.497 e. The Morgan fingerprint density at radius 2 is 1.71 bits per heavy atom. The van der Waals surface area contributed by atoms with E-state index >= 15 is 0 Å². The van der Waals surface area contributed by atoms with Gasteiger partial charge < -0.3 is 15.2 Å². The van der Waals surface area contributed by atoms with Gasteiger partial charge in [-0.3, -0.25) is 0 Å². The number of benzene rings is 2. The molecule has 0 amide bonds. The first-order valence-corrected chi connectivity index (χ1v) is 7.13. The number of methoxy groups -OCH3 is 1. The minimum atomic E-state index is 0.273. The molecule has 0 bridgehead atoms. The van der Waals surface area contributed by atoms with Gasteiger partial charge in [0.15, 0.2) is 0 Å². The molecule has 0 aromatic heterocycles. The average molecular weight is 322 g/mol. The predicted octanol–water partition coefficient (Wildman–Crippen LogP) is 4.39. The van der Waals surface area contributed by atoms with Crippen molar-refractivity contribution in [3.63, 3.8) is 0 Å². The van der Waals surface area contributed by atoms with E-state index in [0.717, 1.165) is 16.1 Å². The van der Waals surface area contributed by atoms with Crippen molar-refractivity contribution >= 4 is 28.8 Å². The van der Waals surface area contributed by atoms with E-state index in [1.165, 1.54) is 0 Å². The van der Waals surface area contributed by atoms with E-state index in [1.54, 1.807) is 25.3 Å². The Morgan fingerprint density at radius 1 is 1.10 bits per heavy atom. The van der Waals surface area contributed by atoms with Crippen molar-refractivity contribution in [1.82, 2.24) is 0 Å². The van der Waals surface area contributed by atoms with Crippen LogP contribution >= 0.6 is 23.8 Å². The van der Waals surface area contributed by atoms with Crippen LogP contribution in [0, 0.1) is 13.8 Å². The van der Waals surface area contributed by atoms with Gasteiger partial charge in [-0.1, -0.05) is 23.8 Å². The number of nitrogens with two attached hydrogens (primary N) is 1. The summed E-state index contributed by atoms with van der Waals surface area (Å²) in [5, 5.41) is 0.738. The largest absolute Gasteiger partial charge is 0.497 e. The summed E-state index contributed by atoms with van der Waals surface area (Å²) in [7, 11) is 1.59. The van der Waals surface area contributed by atoms with Gasteiger partial charge in [-0.05, 0) is 49.2 Å². The maximum absolute atomic E-state index is 6.17. The first-order valence-electron chi connectivity index (χ1n) is 6.35. The zero-order chi connectivity index (χ0) is 15.6. The maximum atomic E-state index is 6.17. The fourth-order valence-electron chi connectivity index (χ4n) is 2.01. The molecule has 0 radical (unpaired) electrons. The smallest absolute Gasteiger partial charge is 0.141 e. The highest BCUT2D eigenvalue weighted by Crippen LogP contribution is 2.32. The van der Waals surface area contributed by atoms with Crippen LogP contribution in [0.2, 0.25) is 5.02 Å². The number of halogens is 1. The Bertz CT molecular complexity index is 678. The SMILES string of the molecule is COc1ccc(C(N)=S)c(Oc2cc(C)c(Cl)c(C)c2)c1. The molecule has 21 heavy (non-hydrogen) atoms. The Hall–Kier alpha value is -1.78. The zero-order valence-corrected chi connectivity index (χ0v) is 13.6. The van der Waals surface area contributed by atoms with E-state index in [-0.39, 0.29) is 4.99 Å². The second-order valence-electron chi connectivity index (χ2n) is 4.70. The Morgan fingerprint density at radius 3 is 2.24 bits per heavy atom. The van der Waals surface area contributed by atoms with Crippen LogP contribution in [0.3, 0.4) is 0 Å². The van der Waals surface area contributed by atoms with E-state index in [9.17, 15) is 0 Å². The van der Waals surface area contributed by atoms with E-state index in [1.807, 2.05) is 26.0 Å². The molecule has 0 saturated carbocycles. The third-order valence-electron chi connectivity index (χ3n) is 3.09. The molecule has 0 fully saturated rings. The van der Waals surface area contributed by atoms with Crippen LogP contribution in [0.25, 0.3) is 0 Å². The number of thiocarbonyl (C=S) groups is 1. The first-order chi connectivity index (χ1) is 9.92. The molecule has 2 N–H and O–H groups in total. The van der Waals surface area contributed by atoms with Crippen LogP contribution < -0.4 is 15.2 Å². The van der Waals surface area contributed by atoms with Gasteiger partial charge in [-0.25, -0.2) is 0 Å². The summed E-state index contributed by atoms with van der Waals surface area (Å²) >= 11 is 11.2. The van der Waals surface area contributed by atoms with Gasteiger partial charge in [-0.15, -0.1) is 0 Å².